The van der Waals surface area contributed by atoms with Crippen LogP contribution in [0.5, 0.6) is 0 Å². The molecule has 0 fully saturated rings. The fraction of sp³-hybridized carbons (Fsp3) is 0.273. The van der Waals surface area contributed by atoms with E-state index in [-0.39, 0.29) is 29.4 Å². The minimum atomic E-state index is -0.646. The van der Waals surface area contributed by atoms with Crippen molar-refractivity contribution in [2.24, 2.45) is 10.9 Å². The summed E-state index contributed by atoms with van der Waals surface area (Å²) in [5, 5.41) is 11.0. The number of benzene rings is 1. The fourth-order valence-electron chi connectivity index (χ4n) is 1.31. The Morgan fingerprint density at radius 2 is 2.28 bits per heavy atom. The Morgan fingerprint density at radius 1 is 1.61 bits per heavy atom. The van der Waals surface area contributed by atoms with Crippen molar-refractivity contribution in [2.75, 3.05) is 13.6 Å². The Bertz CT molecular complexity index is 479. The third-order valence-corrected chi connectivity index (χ3v) is 2.74. The highest BCUT2D eigenvalue weighted by atomic mass is 35.5. The molecule has 0 aromatic heterocycles. The van der Waals surface area contributed by atoms with E-state index in [2.05, 4.69) is 5.16 Å². The van der Waals surface area contributed by atoms with E-state index in [0.717, 1.165) is 0 Å². The van der Waals surface area contributed by atoms with Crippen molar-refractivity contribution in [2.45, 2.75) is 6.42 Å². The van der Waals surface area contributed by atoms with Crippen molar-refractivity contribution >= 4 is 23.3 Å². The van der Waals surface area contributed by atoms with E-state index in [4.69, 9.17) is 22.5 Å². The molecule has 1 rings (SSSR count). The number of amides is 1. The van der Waals surface area contributed by atoms with Crippen LogP contribution >= 0.6 is 11.6 Å². The van der Waals surface area contributed by atoms with Gasteiger partial charge in [0.2, 0.25) is 0 Å². The van der Waals surface area contributed by atoms with Crippen LogP contribution in [0.3, 0.4) is 0 Å². The summed E-state index contributed by atoms with van der Waals surface area (Å²) >= 11 is 5.71. The van der Waals surface area contributed by atoms with Gasteiger partial charge in [-0.15, -0.1) is 0 Å². The third-order valence-electron chi connectivity index (χ3n) is 2.36. The summed E-state index contributed by atoms with van der Waals surface area (Å²) < 4.78 is 13.2. The summed E-state index contributed by atoms with van der Waals surface area (Å²) in [6, 6.07) is 4.02. The Balaban J connectivity index is 2.78. The summed E-state index contributed by atoms with van der Waals surface area (Å²) in [4.78, 5) is 13.3. The van der Waals surface area contributed by atoms with E-state index in [1.807, 2.05) is 0 Å². The maximum Gasteiger partial charge on any atom is 0.255 e. The Morgan fingerprint density at radius 3 is 2.89 bits per heavy atom. The molecule has 1 amide bonds. The van der Waals surface area contributed by atoms with Crippen molar-refractivity contribution in [3.63, 3.8) is 0 Å². The first-order valence-corrected chi connectivity index (χ1v) is 5.51. The van der Waals surface area contributed by atoms with Gasteiger partial charge in [-0.2, -0.15) is 0 Å². The quantitative estimate of drug-likeness (QED) is 0.379. The molecule has 1 aromatic rings. The molecule has 1 aromatic carbocycles. The van der Waals surface area contributed by atoms with Crippen LogP contribution in [0.25, 0.3) is 0 Å². The second kappa shape index (κ2) is 6.20. The van der Waals surface area contributed by atoms with E-state index in [1.165, 1.54) is 30.1 Å². The molecule has 0 heterocycles. The lowest BCUT2D eigenvalue weighted by molar-refractivity contribution is 0.0798. The van der Waals surface area contributed by atoms with Gasteiger partial charge in [0.05, 0.1) is 10.6 Å². The molecule has 0 spiro atoms. The number of rotatable bonds is 4. The molecule has 0 atom stereocenters. The predicted molar refractivity (Wildman–Crippen MR) is 66.4 cm³/mol. The van der Waals surface area contributed by atoms with Crippen LogP contribution in [0.1, 0.15) is 16.8 Å². The van der Waals surface area contributed by atoms with Crippen LogP contribution < -0.4 is 5.73 Å². The van der Waals surface area contributed by atoms with Gasteiger partial charge in [0.15, 0.2) is 0 Å². The summed E-state index contributed by atoms with van der Waals surface area (Å²) in [7, 11) is 1.52. The van der Waals surface area contributed by atoms with Crippen molar-refractivity contribution in [1.82, 2.24) is 4.90 Å². The van der Waals surface area contributed by atoms with Crippen LogP contribution in [-0.2, 0) is 0 Å². The molecule has 3 N–H and O–H groups in total. The minimum absolute atomic E-state index is 0.0139. The summed E-state index contributed by atoms with van der Waals surface area (Å²) in [5.41, 5.74) is 5.37. The molecule has 98 valence electrons. The second-order valence-corrected chi connectivity index (χ2v) is 4.05. The molecule has 0 aliphatic rings. The monoisotopic (exact) mass is 273 g/mol. The maximum atomic E-state index is 13.2. The number of hydrogen-bond donors (Lipinski definition) is 2. The summed E-state index contributed by atoms with van der Waals surface area (Å²) in [6.45, 7) is 0.238. The highest BCUT2D eigenvalue weighted by Gasteiger charge is 2.17. The van der Waals surface area contributed by atoms with Crippen LogP contribution in [0, 0.1) is 5.82 Å². The Labute approximate surface area is 109 Å². The van der Waals surface area contributed by atoms with Gasteiger partial charge in [0.1, 0.15) is 11.7 Å². The maximum absolute atomic E-state index is 13.2. The molecule has 18 heavy (non-hydrogen) atoms. The van der Waals surface area contributed by atoms with Gasteiger partial charge < -0.3 is 15.8 Å². The molecule has 0 unspecified atom stereocenters. The van der Waals surface area contributed by atoms with Crippen molar-refractivity contribution in [3.8, 4) is 0 Å². The molecule has 7 heteroatoms. The number of nitrogens with zero attached hydrogens (tertiary/aromatic N) is 2. The van der Waals surface area contributed by atoms with Crippen LogP contribution in [-0.4, -0.2) is 35.4 Å². The number of amidine groups is 1. The molecule has 0 aliphatic heterocycles. The van der Waals surface area contributed by atoms with Crippen molar-refractivity contribution in [1.29, 1.82) is 0 Å². The Kier molecular flexibility index (Phi) is 4.91. The average Bonchev–Trinajstić information content (AvgIpc) is 2.37. The minimum Gasteiger partial charge on any atom is -0.409 e. The lowest BCUT2D eigenvalue weighted by atomic mass is 10.2. The zero-order valence-corrected chi connectivity index (χ0v) is 10.5. The first kappa shape index (κ1) is 14.2. The number of oxime groups is 1. The van der Waals surface area contributed by atoms with Gasteiger partial charge >= 0.3 is 0 Å². The van der Waals surface area contributed by atoms with Gasteiger partial charge in [-0.25, -0.2) is 4.39 Å². The largest absolute Gasteiger partial charge is 0.409 e. The topological polar surface area (TPSA) is 78.9 Å². The molecule has 0 saturated heterocycles. The van der Waals surface area contributed by atoms with Crippen LogP contribution in [0.2, 0.25) is 5.02 Å². The fourth-order valence-corrected chi connectivity index (χ4v) is 1.52. The number of halogens is 2. The third kappa shape index (κ3) is 3.33. The lowest BCUT2D eigenvalue weighted by Crippen LogP contribution is -2.30. The molecule has 0 bridgehead atoms. The summed E-state index contributed by atoms with van der Waals surface area (Å²) in [5.74, 6) is -1.06. The Hall–Kier alpha value is -1.82. The van der Waals surface area contributed by atoms with E-state index >= 15 is 0 Å². The zero-order valence-electron chi connectivity index (χ0n) is 9.73. The molecule has 0 radical (unpaired) electrons. The van der Waals surface area contributed by atoms with Crippen LogP contribution in [0.15, 0.2) is 23.4 Å². The predicted octanol–water partition coefficient (Wildman–Crippen LogP) is 1.69. The highest BCUT2D eigenvalue weighted by Crippen LogP contribution is 2.20. The van der Waals surface area contributed by atoms with Gasteiger partial charge in [0.25, 0.3) is 5.91 Å². The first-order chi connectivity index (χ1) is 8.47. The smallest absolute Gasteiger partial charge is 0.255 e. The number of hydrogen-bond acceptors (Lipinski definition) is 3. The molecule has 0 aliphatic carbocycles. The normalized spacial score (nSPS) is 11.4. The zero-order chi connectivity index (χ0) is 13.7. The van der Waals surface area contributed by atoms with Gasteiger partial charge in [-0.3, -0.25) is 4.79 Å². The van der Waals surface area contributed by atoms with Gasteiger partial charge in [-0.1, -0.05) is 22.8 Å². The average molecular weight is 274 g/mol. The number of carbonyl (C=O) groups excluding carboxylic acids is 1. The second-order valence-electron chi connectivity index (χ2n) is 3.67. The summed E-state index contributed by atoms with van der Waals surface area (Å²) in [6.07, 6.45) is 0.214. The van der Waals surface area contributed by atoms with Gasteiger partial charge in [0, 0.05) is 20.0 Å². The van der Waals surface area contributed by atoms with Crippen molar-refractivity contribution < 1.29 is 14.4 Å². The van der Waals surface area contributed by atoms with E-state index in [0.29, 0.717) is 0 Å². The van der Waals surface area contributed by atoms with E-state index < -0.39 is 11.7 Å². The SMILES string of the molecule is CN(CC/C(N)=N/O)C(=O)c1cccc(F)c1Cl. The van der Waals surface area contributed by atoms with E-state index in [9.17, 15) is 9.18 Å². The molecule has 5 nitrogen and oxygen atoms in total. The number of carbonyl (C=O) groups is 1. The van der Waals surface area contributed by atoms with Gasteiger partial charge in [-0.05, 0) is 12.1 Å². The number of nitrogens with two attached hydrogens (primary N) is 1. The molecule has 0 saturated carbocycles. The lowest BCUT2D eigenvalue weighted by Gasteiger charge is -2.17. The molecular formula is C11H13ClFN3O2. The first-order valence-electron chi connectivity index (χ1n) is 5.13. The standard InChI is InChI=1S/C11H13ClFN3O2/c1-16(6-5-9(14)15-18)11(17)7-3-2-4-8(13)10(7)12/h2-4,18H,5-6H2,1H3,(H2,14,15). The van der Waals surface area contributed by atoms with E-state index in [1.54, 1.807) is 0 Å². The highest BCUT2D eigenvalue weighted by molar-refractivity contribution is 6.34. The molecular weight excluding hydrogens is 261 g/mol. The van der Waals surface area contributed by atoms with Crippen molar-refractivity contribution in [3.05, 3.63) is 34.6 Å². The van der Waals surface area contributed by atoms with Crippen LogP contribution in [0.4, 0.5) is 4.39 Å².